The molecule has 0 aromatic rings. The summed E-state index contributed by atoms with van der Waals surface area (Å²) in [7, 11) is 1.80. The lowest BCUT2D eigenvalue weighted by Gasteiger charge is -2.45. The fraction of sp³-hybridized carbons (Fsp3) is 1.00. The highest BCUT2D eigenvalue weighted by molar-refractivity contribution is 4.89. The molecular weight excluding hydrogens is 236 g/mol. The Morgan fingerprint density at radius 1 is 1.11 bits per heavy atom. The van der Waals surface area contributed by atoms with Gasteiger partial charge in [-0.1, -0.05) is 26.2 Å². The molecule has 0 aromatic carbocycles. The zero-order valence-electron chi connectivity index (χ0n) is 12.9. The third-order valence-electron chi connectivity index (χ3n) is 5.17. The quantitative estimate of drug-likeness (QED) is 0.801. The molecule has 2 aliphatic rings. The molecular formula is C16H32N2O. The van der Waals surface area contributed by atoms with Crippen LogP contribution in [0.5, 0.6) is 0 Å². The third kappa shape index (κ3) is 4.44. The summed E-state index contributed by atoms with van der Waals surface area (Å²) >= 11 is 0. The number of rotatable bonds is 6. The Kier molecular flexibility index (Phi) is 6.11. The predicted molar refractivity (Wildman–Crippen MR) is 80.5 cm³/mol. The molecule has 2 rings (SSSR count). The Labute approximate surface area is 119 Å². The number of nitrogens with zero attached hydrogens (tertiary/aromatic N) is 1. The van der Waals surface area contributed by atoms with Crippen molar-refractivity contribution in [1.29, 1.82) is 0 Å². The van der Waals surface area contributed by atoms with Crippen LogP contribution in [0, 0.1) is 5.41 Å². The van der Waals surface area contributed by atoms with Crippen molar-refractivity contribution in [2.75, 3.05) is 39.9 Å². The van der Waals surface area contributed by atoms with Gasteiger partial charge in [0.05, 0.1) is 6.61 Å². The average molecular weight is 268 g/mol. The first-order chi connectivity index (χ1) is 9.28. The summed E-state index contributed by atoms with van der Waals surface area (Å²) in [6, 6.07) is 0.496. The minimum Gasteiger partial charge on any atom is -0.383 e. The van der Waals surface area contributed by atoms with E-state index >= 15 is 0 Å². The highest BCUT2D eigenvalue weighted by atomic mass is 16.5. The SMILES string of the molecule is CCNC(COC)CN1CCC2(CCCCC2)CC1. The highest BCUT2D eigenvalue weighted by Gasteiger charge is 2.35. The van der Waals surface area contributed by atoms with Gasteiger partial charge in [0.25, 0.3) is 0 Å². The van der Waals surface area contributed by atoms with Crippen LogP contribution in [0.3, 0.4) is 0 Å². The Bertz CT molecular complexity index is 235. The van der Waals surface area contributed by atoms with E-state index in [1.54, 1.807) is 7.11 Å². The van der Waals surface area contributed by atoms with Crippen molar-refractivity contribution in [2.24, 2.45) is 5.41 Å². The molecule has 1 aliphatic carbocycles. The van der Waals surface area contributed by atoms with Crippen LogP contribution in [0.4, 0.5) is 0 Å². The van der Waals surface area contributed by atoms with Crippen LogP contribution in [0.25, 0.3) is 0 Å². The lowest BCUT2D eigenvalue weighted by molar-refractivity contribution is 0.0546. The van der Waals surface area contributed by atoms with Gasteiger partial charge in [0.15, 0.2) is 0 Å². The van der Waals surface area contributed by atoms with E-state index in [0.717, 1.165) is 25.1 Å². The van der Waals surface area contributed by atoms with Crippen molar-refractivity contribution in [3.63, 3.8) is 0 Å². The summed E-state index contributed by atoms with van der Waals surface area (Å²) < 4.78 is 5.32. The maximum Gasteiger partial charge on any atom is 0.0628 e. The van der Waals surface area contributed by atoms with Gasteiger partial charge in [0.1, 0.15) is 0 Å². The summed E-state index contributed by atoms with van der Waals surface area (Å²) in [5.41, 5.74) is 0.726. The summed E-state index contributed by atoms with van der Waals surface area (Å²) in [5, 5.41) is 3.54. The summed E-state index contributed by atoms with van der Waals surface area (Å²) in [6.45, 7) is 7.78. The number of ether oxygens (including phenoxy) is 1. The van der Waals surface area contributed by atoms with Crippen LogP contribution in [0.15, 0.2) is 0 Å². The standard InChI is InChI=1S/C16H32N2O/c1-3-17-15(14-19-2)13-18-11-9-16(10-12-18)7-5-4-6-8-16/h15,17H,3-14H2,1-2H3. The zero-order valence-corrected chi connectivity index (χ0v) is 12.9. The van der Waals surface area contributed by atoms with Crippen LogP contribution in [0.1, 0.15) is 51.9 Å². The number of methoxy groups -OCH3 is 1. The molecule has 1 saturated carbocycles. The Hall–Kier alpha value is -0.120. The molecule has 1 heterocycles. The molecule has 1 unspecified atom stereocenters. The molecule has 1 N–H and O–H groups in total. The van der Waals surface area contributed by atoms with E-state index < -0.39 is 0 Å². The van der Waals surface area contributed by atoms with Crippen LogP contribution >= 0.6 is 0 Å². The minimum atomic E-state index is 0.496. The minimum absolute atomic E-state index is 0.496. The Morgan fingerprint density at radius 2 is 1.79 bits per heavy atom. The molecule has 0 amide bonds. The lowest BCUT2D eigenvalue weighted by atomic mass is 9.68. The van der Waals surface area contributed by atoms with Crippen molar-refractivity contribution >= 4 is 0 Å². The van der Waals surface area contributed by atoms with Gasteiger partial charge in [0.2, 0.25) is 0 Å². The van der Waals surface area contributed by atoms with Gasteiger partial charge in [0, 0.05) is 19.7 Å². The maximum atomic E-state index is 5.32. The molecule has 19 heavy (non-hydrogen) atoms. The van der Waals surface area contributed by atoms with E-state index in [1.807, 2.05) is 0 Å². The average Bonchev–Trinajstić information content (AvgIpc) is 2.43. The summed E-state index contributed by atoms with van der Waals surface area (Å²) in [6.07, 6.45) is 10.3. The molecule has 1 atom stereocenters. The zero-order chi connectivity index (χ0) is 13.6. The third-order valence-corrected chi connectivity index (χ3v) is 5.17. The van der Waals surface area contributed by atoms with Crippen molar-refractivity contribution in [2.45, 2.75) is 57.9 Å². The Balaban J connectivity index is 1.75. The van der Waals surface area contributed by atoms with E-state index in [-0.39, 0.29) is 0 Å². The summed E-state index contributed by atoms with van der Waals surface area (Å²) in [4.78, 5) is 2.65. The van der Waals surface area contributed by atoms with Crippen LogP contribution in [-0.4, -0.2) is 50.8 Å². The first-order valence-corrected chi connectivity index (χ1v) is 8.23. The first kappa shape index (κ1) is 15.3. The van der Waals surface area contributed by atoms with E-state index in [2.05, 4.69) is 17.1 Å². The van der Waals surface area contributed by atoms with Gasteiger partial charge in [-0.15, -0.1) is 0 Å². The number of hydrogen-bond acceptors (Lipinski definition) is 3. The molecule has 0 radical (unpaired) electrons. The topological polar surface area (TPSA) is 24.5 Å². The van der Waals surface area contributed by atoms with Gasteiger partial charge in [-0.05, 0) is 50.7 Å². The van der Waals surface area contributed by atoms with Crippen molar-refractivity contribution < 1.29 is 4.74 Å². The van der Waals surface area contributed by atoms with Crippen molar-refractivity contribution in [3.05, 3.63) is 0 Å². The second kappa shape index (κ2) is 7.61. The van der Waals surface area contributed by atoms with Crippen molar-refractivity contribution in [3.8, 4) is 0 Å². The monoisotopic (exact) mass is 268 g/mol. The number of nitrogens with one attached hydrogen (secondary N) is 1. The van der Waals surface area contributed by atoms with Crippen molar-refractivity contribution in [1.82, 2.24) is 10.2 Å². The fourth-order valence-corrected chi connectivity index (χ4v) is 3.99. The molecule has 0 aromatic heterocycles. The molecule has 1 spiro atoms. The van der Waals surface area contributed by atoms with Crippen LogP contribution < -0.4 is 5.32 Å². The molecule has 1 aliphatic heterocycles. The van der Waals surface area contributed by atoms with Gasteiger partial charge < -0.3 is 15.0 Å². The van der Waals surface area contributed by atoms with Gasteiger partial charge in [-0.25, -0.2) is 0 Å². The number of likely N-dealkylation sites (N-methyl/N-ethyl adjacent to an activating group) is 1. The molecule has 3 heteroatoms. The number of hydrogen-bond donors (Lipinski definition) is 1. The van der Waals surface area contributed by atoms with Gasteiger partial charge >= 0.3 is 0 Å². The van der Waals surface area contributed by atoms with E-state index in [9.17, 15) is 0 Å². The van der Waals surface area contributed by atoms with Gasteiger partial charge in [-0.2, -0.15) is 0 Å². The predicted octanol–water partition coefficient (Wildman–Crippen LogP) is 2.66. The molecule has 2 fully saturated rings. The van der Waals surface area contributed by atoms with E-state index in [0.29, 0.717) is 6.04 Å². The number of likely N-dealkylation sites (tertiary alicyclic amines) is 1. The molecule has 112 valence electrons. The highest BCUT2D eigenvalue weighted by Crippen LogP contribution is 2.44. The van der Waals surface area contributed by atoms with Gasteiger partial charge in [-0.3, -0.25) is 0 Å². The number of piperidine rings is 1. The molecule has 0 bridgehead atoms. The largest absolute Gasteiger partial charge is 0.383 e. The normalized spacial score (nSPS) is 25.6. The second-order valence-corrected chi connectivity index (χ2v) is 6.57. The first-order valence-electron chi connectivity index (χ1n) is 8.23. The fourth-order valence-electron chi connectivity index (χ4n) is 3.99. The molecule has 1 saturated heterocycles. The summed E-state index contributed by atoms with van der Waals surface area (Å²) in [5.74, 6) is 0. The van der Waals surface area contributed by atoms with Crippen LogP contribution in [0.2, 0.25) is 0 Å². The maximum absolute atomic E-state index is 5.32. The second-order valence-electron chi connectivity index (χ2n) is 6.57. The van der Waals surface area contributed by atoms with E-state index in [1.165, 1.54) is 58.0 Å². The van der Waals surface area contributed by atoms with Crippen LogP contribution in [-0.2, 0) is 4.74 Å². The lowest BCUT2D eigenvalue weighted by Crippen LogP contribution is -2.48. The van der Waals surface area contributed by atoms with E-state index in [4.69, 9.17) is 4.74 Å². The molecule has 3 nitrogen and oxygen atoms in total. The Morgan fingerprint density at radius 3 is 2.37 bits per heavy atom. The smallest absolute Gasteiger partial charge is 0.0628 e.